The molecule has 0 radical (unpaired) electrons. The molecule has 1 rings (SSSR count). The van der Waals surface area contributed by atoms with Gasteiger partial charge in [-0.15, -0.1) is 0 Å². The molecule has 0 bridgehead atoms. The number of unbranched alkanes of at least 4 members (excludes halogenated alkanes) is 1. The first kappa shape index (κ1) is 23.7. The molecule has 0 aromatic heterocycles. The van der Waals surface area contributed by atoms with Gasteiger partial charge in [0.2, 0.25) is 6.41 Å². The number of allylic oxidation sites excluding steroid dienone is 1. The van der Waals surface area contributed by atoms with E-state index in [-0.39, 0.29) is 21.4 Å². The number of rotatable bonds is 11. The van der Waals surface area contributed by atoms with E-state index in [0.717, 1.165) is 18.9 Å². The zero-order valence-electron chi connectivity index (χ0n) is 14.4. The second-order valence-corrected chi connectivity index (χ2v) is 7.03. The van der Waals surface area contributed by atoms with Crippen LogP contribution in [0.5, 0.6) is 0 Å². The van der Waals surface area contributed by atoms with Gasteiger partial charge in [0.15, 0.2) is 0 Å². The smallest absolute Gasteiger partial charge is 0.376 e. The second kappa shape index (κ2) is 11.5. The molecule has 0 aliphatic carbocycles. The normalized spacial score (nSPS) is 12.4. The third-order valence-electron chi connectivity index (χ3n) is 3.32. The Bertz CT molecular complexity index is 672. The van der Waals surface area contributed by atoms with Gasteiger partial charge in [-0.25, -0.2) is 4.39 Å². The van der Waals surface area contributed by atoms with Crippen LogP contribution in [0.25, 0.3) is 5.57 Å². The molecule has 0 atom stereocenters. The van der Waals surface area contributed by atoms with Gasteiger partial charge in [0, 0.05) is 18.7 Å². The van der Waals surface area contributed by atoms with Crippen molar-refractivity contribution in [3.05, 3.63) is 33.7 Å². The molecule has 0 aliphatic rings. The molecule has 0 spiro atoms. The average molecular weight is 448 g/mol. The number of anilines is 1. The number of hydrogen-bond donors (Lipinski definition) is 3. The maximum Gasteiger partial charge on any atom is 0.399 e. The Kier molecular flexibility index (Phi) is 10.1. The summed E-state index contributed by atoms with van der Waals surface area (Å²) in [4.78, 5) is 10.1. The molecule has 0 fully saturated rings. The first-order valence-corrected chi connectivity index (χ1v) is 9.61. The number of carbonyl (C=O) groups excluding carboxylic acids is 1. The number of carbonyl (C=O) groups is 1. The van der Waals surface area contributed by atoms with E-state index in [2.05, 4.69) is 15.4 Å². The van der Waals surface area contributed by atoms with Crippen LogP contribution in [0.2, 0.25) is 5.02 Å². The first-order valence-electron chi connectivity index (χ1n) is 7.87. The fourth-order valence-electron chi connectivity index (χ4n) is 1.97. The third-order valence-corrected chi connectivity index (χ3v) is 4.89. The van der Waals surface area contributed by atoms with E-state index in [4.69, 9.17) is 23.2 Å². The lowest BCUT2D eigenvalue weighted by molar-refractivity contribution is -0.109. The van der Waals surface area contributed by atoms with Crippen molar-refractivity contribution in [2.75, 3.05) is 23.6 Å². The van der Waals surface area contributed by atoms with Crippen molar-refractivity contribution in [2.45, 2.75) is 25.9 Å². The van der Waals surface area contributed by atoms with Crippen molar-refractivity contribution in [1.82, 2.24) is 10.6 Å². The predicted molar refractivity (Wildman–Crippen MR) is 103 cm³/mol. The van der Waals surface area contributed by atoms with Gasteiger partial charge in [-0.05, 0) is 49.4 Å². The number of benzene rings is 1. The summed E-state index contributed by atoms with van der Waals surface area (Å²) in [5.41, 5.74) is 0.668. The Balaban J connectivity index is 2.78. The number of nitrogens with one attached hydrogen (secondary N) is 3. The molecule has 0 saturated carbocycles. The van der Waals surface area contributed by atoms with E-state index in [1.165, 1.54) is 6.07 Å². The van der Waals surface area contributed by atoms with Crippen LogP contribution in [0.3, 0.4) is 0 Å². The Morgan fingerprint density at radius 1 is 1.26 bits per heavy atom. The minimum absolute atomic E-state index is 0.0366. The summed E-state index contributed by atoms with van der Waals surface area (Å²) in [5.74, 6) is -1.76. The SMILES string of the molecule is C/C(=C(/Cl)NCCCCNC=O)c1cc(NSCC(F)(F)F)c(Cl)cc1F. The summed E-state index contributed by atoms with van der Waals surface area (Å²) in [5, 5.41) is 5.65. The number of hydrogen-bond acceptors (Lipinski definition) is 4. The average Bonchev–Trinajstić information content (AvgIpc) is 2.58. The summed E-state index contributed by atoms with van der Waals surface area (Å²) in [7, 11) is 0. The van der Waals surface area contributed by atoms with Gasteiger partial charge in [-0.3, -0.25) is 4.79 Å². The first-order chi connectivity index (χ1) is 12.7. The summed E-state index contributed by atoms with van der Waals surface area (Å²) >= 11 is 12.5. The van der Waals surface area contributed by atoms with Crippen molar-refractivity contribution < 1.29 is 22.4 Å². The Hall–Kier alpha value is -1.32. The summed E-state index contributed by atoms with van der Waals surface area (Å²) < 4.78 is 53.4. The van der Waals surface area contributed by atoms with E-state index in [1.807, 2.05) is 0 Å². The van der Waals surface area contributed by atoms with E-state index in [9.17, 15) is 22.4 Å². The number of halogens is 6. The molecule has 0 heterocycles. The zero-order valence-corrected chi connectivity index (χ0v) is 16.7. The van der Waals surface area contributed by atoms with Gasteiger partial charge in [0.1, 0.15) is 16.7 Å². The fourth-order valence-corrected chi connectivity index (χ4v) is 2.98. The molecule has 27 heavy (non-hydrogen) atoms. The summed E-state index contributed by atoms with van der Waals surface area (Å²) in [6, 6.07) is 2.33. The van der Waals surface area contributed by atoms with E-state index in [0.29, 0.717) is 37.0 Å². The Labute approximate surface area is 169 Å². The molecule has 4 nitrogen and oxygen atoms in total. The van der Waals surface area contributed by atoms with Gasteiger partial charge in [0.25, 0.3) is 0 Å². The van der Waals surface area contributed by atoms with E-state index >= 15 is 0 Å². The second-order valence-electron chi connectivity index (χ2n) is 5.46. The van der Waals surface area contributed by atoms with E-state index < -0.39 is 17.7 Å². The lowest BCUT2D eigenvalue weighted by Crippen LogP contribution is -2.16. The molecule has 0 unspecified atom stereocenters. The molecule has 0 saturated heterocycles. The van der Waals surface area contributed by atoms with Crippen LogP contribution in [0, 0.1) is 5.82 Å². The van der Waals surface area contributed by atoms with Gasteiger partial charge in [-0.2, -0.15) is 13.2 Å². The highest BCUT2D eigenvalue weighted by Crippen LogP contribution is 2.33. The molecular weight excluding hydrogens is 429 g/mol. The molecule has 3 N–H and O–H groups in total. The highest BCUT2D eigenvalue weighted by molar-refractivity contribution is 8.00. The third kappa shape index (κ3) is 8.94. The van der Waals surface area contributed by atoms with Crippen LogP contribution in [-0.4, -0.2) is 31.4 Å². The van der Waals surface area contributed by atoms with Crippen molar-refractivity contribution in [3.8, 4) is 0 Å². The highest BCUT2D eigenvalue weighted by atomic mass is 35.5. The van der Waals surface area contributed by atoms with Crippen LogP contribution >= 0.6 is 35.1 Å². The molecule has 152 valence electrons. The zero-order chi connectivity index (χ0) is 20.4. The minimum atomic E-state index is -4.34. The molecule has 11 heteroatoms. The Morgan fingerprint density at radius 3 is 2.56 bits per heavy atom. The topological polar surface area (TPSA) is 53.2 Å². The molecule has 1 aromatic carbocycles. The summed E-state index contributed by atoms with van der Waals surface area (Å²) in [6.07, 6.45) is -2.24. The van der Waals surface area contributed by atoms with Crippen molar-refractivity contribution >= 4 is 52.8 Å². The van der Waals surface area contributed by atoms with Gasteiger partial charge in [-0.1, -0.05) is 23.2 Å². The lowest BCUT2D eigenvalue weighted by atomic mass is 10.1. The molecular formula is C16H19Cl2F4N3OS. The fraction of sp³-hybridized carbons (Fsp3) is 0.438. The largest absolute Gasteiger partial charge is 0.399 e. The number of amides is 1. The van der Waals surface area contributed by atoms with Gasteiger partial charge >= 0.3 is 6.18 Å². The van der Waals surface area contributed by atoms with Gasteiger partial charge < -0.3 is 15.4 Å². The quantitative estimate of drug-likeness (QED) is 0.144. The standard InChI is InChI=1S/C16H19Cl2F4N3OS/c1-10(15(18)24-5-3-2-4-23-9-26)11-6-14(12(17)7-13(11)19)25-27-8-16(20,21)22/h6-7,9,24-25H,2-5,8H2,1H3,(H,23,26)/b15-10+. The molecule has 1 aromatic rings. The van der Waals surface area contributed by atoms with Crippen LogP contribution < -0.4 is 15.4 Å². The van der Waals surface area contributed by atoms with Crippen molar-refractivity contribution in [1.29, 1.82) is 0 Å². The highest BCUT2D eigenvalue weighted by Gasteiger charge is 2.27. The van der Waals surface area contributed by atoms with Crippen LogP contribution in [-0.2, 0) is 4.79 Å². The van der Waals surface area contributed by atoms with Crippen LogP contribution in [0.1, 0.15) is 25.3 Å². The molecule has 0 aliphatic heterocycles. The van der Waals surface area contributed by atoms with Gasteiger partial charge in [0.05, 0.1) is 10.7 Å². The number of alkyl halides is 3. The maximum atomic E-state index is 14.2. The monoisotopic (exact) mass is 447 g/mol. The minimum Gasteiger partial charge on any atom is -0.376 e. The van der Waals surface area contributed by atoms with Crippen LogP contribution in [0.15, 0.2) is 17.3 Å². The Morgan fingerprint density at radius 2 is 1.93 bits per heavy atom. The van der Waals surface area contributed by atoms with Crippen LogP contribution in [0.4, 0.5) is 23.2 Å². The van der Waals surface area contributed by atoms with Crippen molar-refractivity contribution in [3.63, 3.8) is 0 Å². The van der Waals surface area contributed by atoms with Crippen molar-refractivity contribution in [2.24, 2.45) is 0 Å². The lowest BCUT2D eigenvalue weighted by Gasteiger charge is -2.14. The predicted octanol–water partition coefficient (Wildman–Crippen LogP) is 5.14. The molecule has 1 amide bonds. The summed E-state index contributed by atoms with van der Waals surface area (Å²) in [6.45, 7) is 2.64. The van der Waals surface area contributed by atoms with E-state index in [1.54, 1.807) is 6.92 Å². The maximum absolute atomic E-state index is 14.2.